The molecule has 0 aromatic heterocycles. The summed E-state index contributed by atoms with van der Waals surface area (Å²) in [6.45, 7) is 1.69. The zero-order valence-corrected chi connectivity index (χ0v) is 11.8. The summed E-state index contributed by atoms with van der Waals surface area (Å²) in [6, 6.07) is 6.82. The molecule has 1 heterocycles. The lowest BCUT2D eigenvalue weighted by Crippen LogP contribution is -2.36. The first-order valence-corrected chi connectivity index (χ1v) is 6.93. The van der Waals surface area contributed by atoms with Crippen LogP contribution in [0.25, 0.3) is 0 Å². The van der Waals surface area contributed by atoms with Gasteiger partial charge < -0.3 is 15.4 Å². The Hall–Kier alpha value is -2.37. The van der Waals surface area contributed by atoms with E-state index in [4.69, 9.17) is 4.74 Å². The smallest absolute Gasteiger partial charge is 0.329 e. The van der Waals surface area contributed by atoms with Crippen LogP contribution in [0.3, 0.4) is 0 Å². The minimum atomic E-state index is -0.630. The number of nitrogens with one attached hydrogen (secondary N) is 2. The van der Waals surface area contributed by atoms with Crippen molar-refractivity contribution in [2.45, 2.75) is 32.2 Å². The summed E-state index contributed by atoms with van der Waals surface area (Å²) in [5, 5.41) is 5.14. The average Bonchev–Trinajstić information content (AvgIpc) is 2.92. The second kappa shape index (κ2) is 6.88. The highest BCUT2D eigenvalue weighted by Gasteiger charge is 2.28. The molecule has 0 unspecified atom stereocenters. The van der Waals surface area contributed by atoms with Gasteiger partial charge in [0.1, 0.15) is 6.04 Å². The molecular weight excluding hydrogens is 272 g/mol. The average molecular weight is 290 g/mol. The van der Waals surface area contributed by atoms with Crippen LogP contribution in [0.2, 0.25) is 0 Å². The van der Waals surface area contributed by atoms with Crippen LogP contribution < -0.4 is 10.6 Å². The van der Waals surface area contributed by atoms with Gasteiger partial charge in [-0.15, -0.1) is 0 Å². The van der Waals surface area contributed by atoms with Crippen LogP contribution in [0.1, 0.15) is 25.3 Å². The fourth-order valence-corrected chi connectivity index (χ4v) is 2.05. The number of rotatable bonds is 5. The van der Waals surface area contributed by atoms with Crippen molar-refractivity contribution in [1.29, 1.82) is 0 Å². The van der Waals surface area contributed by atoms with Crippen LogP contribution in [-0.2, 0) is 25.5 Å². The van der Waals surface area contributed by atoms with E-state index in [9.17, 15) is 14.4 Å². The van der Waals surface area contributed by atoms with E-state index in [-0.39, 0.29) is 12.5 Å². The molecule has 6 nitrogen and oxygen atoms in total. The highest BCUT2D eigenvalue weighted by atomic mass is 16.5. The summed E-state index contributed by atoms with van der Waals surface area (Å²) in [7, 11) is 0. The van der Waals surface area contributed by atoms with E-state index in [1.165, 1.54) is 5.56 Å². The van der Waals surface area contributed by atoms with Gasteiger partial charge in [-0.3, -0.25) is 9.59 Å². The standard InChI is InChI=1S/C15H18N2O4/c1-2-10-3-5-11(6-4-10)16-14(19)9-21-15(20)12-7-8-13(18)17-12/h3-6,12H,2,7-9H2,1H3,(H,16,19)(H,17,18)/t12-/m0/s1. The number of aryl methyl sites for hydroxylation is 1. The Morgan fingerprint density at radius 3 is 2.62 bits per heavy atom. The van der Waals surface area contributed by atoms with E-state index >= 15 is 0 Å². The number of carbonyl (C=O) groups is 3. The third kappa shape index (κ3) is 4.30. The van der Waals surface area contributed by atoms with Gasteiger partial charge in [-0.05, 0) is 30.5 Å². The number of benzene rings is 1. The first kappa shape index (κ1) is 15.0. The van der Waals surface area contributed by atoms with Crippen molar-refractivity contribution >= 4 is 23.5 Å². The summed E-state index contributed by atoms with van der Waals surface area (Å²) in [5.74, 6) is -1.15. The fraction of sp³-hybridized carbons (Fsp3) is 0.400. The number of hydrogen-bond acceptors (Lipinski definition) is 4. The Morgan fingerprint density at radius 1 is 1.33 bits per heavy atom. The lowest BCUT2D eigenvalue weighted by atomic mass is 10.1. The highest BCUT2D eigenvalue weighted by molar-refractivity contribution is 5.94. The normalized spacial score (nSPS) is 17.2. The van der Waals surface area contributed by atoms with Gasteiger partial charge in [0.15, 0.2) is 6.61 Å². The zero-order valence-electron chi connectivity index (χ0n) is 11.8. The molecule has 1 aromatic carbocycles. The van der Waals surface area contributed by atoms with Crippen LogP contribution in [0, 0.1) is 0 Å². The Bertz CT molecular complexity index is 539. The predicted molar refractivity (Wildman–Crippen MR) is 76.6 cm³/mol. The maximum Gasteiger partial charge on any atom is 0.329 e. The molecule has 1 aromatic rings. The Labute approximate surface area is 122 Å². The van der Waals surface area contributed by atoms with E-state index in [0.29, 0.717) is 18.5 Å². The van der Waals surface area contributed by atoms with Crippen molar-refractivity contribution in [3.05, 3.63) is 29.8 Å². The third-order valence-corrected chi connectivity index (χ3v) is 3.27. The van der Waals surface area contributed by atoms with Gasteiger partial charge >= 0.3 is 5.97 Å². The maximum absolute atomic E-state index is 11.7. The van der Waals surface area contributed by atoms with Gasteiger partial charge in [0.05, 0.1) is 0 Å². The predicted octanol–water partition coefficient (Wildman–Crippen LogP) is 1.01. The molecule has 0 saturated carbocycles. The molecule has 112 valence electrons. The number of esters is 1. The van der Waals surface area contributed by atoms with Gasteiger partial charge in [0, 0.05) is 12.1 Å². The van der Waals surface area contributed by atoms with Crippen LogP contribution in [0.5, 0.6) is 0 Å². The van der Waals surface area contributed by atoms with Gasteiger partial charge in [-0.1, -0.05) is 19.1 Å². The molecule has 0 aliphatic carbocycles. The van der Waals surface area contributed by atoms with E-state index in [1.807, 2.05) is 12.1 Å². The summed E-state index contributed by atoms with van der Waals surface area (Å²) in [6.07, 6.45) is 1.66. The summed E-state index contributed by atoms with van der Waals surface area (Å²) in [4.78, 5) is 34.3. The van der Waals surface area contributed by atoms with Gasteiger partial charge in [0.2, 0.25) is 5.91 Å². The molecule has 0 bridgehead atoms. The molecular formula is C15H18N2O4. The summed E-state index contributed by atoms with van der Waals surface area (Å²) >= 11 is 0. The molecule has 0 spiro atoms. The molecule has 1 fully saturated rings. The van der Waals surface area contributed by atoms with Crippen molar-refractivity contribution in [2.75, 3.05) is 11.9 Å². The van der Waals surface area contributed by atoms with Gasteiger partial charge in [-0.25, -0.2) is 4.79 Å². The van der Waals surface area contributed by atoms with E-state index in [1.54, 1.807) is 12.1 Å². The minimum Gasteiger partial charge on any atom is -0.454 e. The van der Waals surface area contributed by atoms with Crippen molar-refractivity contribution in [3.63, 3.8) is 0 Å². The number of hydrogen-bond donors (Lipinski definition) is 2. The molecule has 6 heteroatoms. The van der Waals surface area contributed by atoms with E-state index < -0.39 is 17.9 Å². The van der Waals surface area contributed by atoms with Crippen molar-refractivity contribution in [3.8, 4) is 0 Å². The highest BCUT2D eigenvalue weighted by Crippen LogP contribution is 2.10. The van der Waals surface area contributed by atoms with Gasteiger partial charge in [-0.2, -0.15) is 0 Å². The second-order valence-electron chi connectivity index (χ2n) is 4.87. The van der Waals surface area contributed by atoms with Crippen molar-refractivity contribution < 1.29 is 19.1 Å². The Balaban J connectivity index is 1.76. The summed E-state index contributed by atoms with van der Waals surface area (Å²) in [5.41, 5.74) is 1.83. The monoisotopic (exact) mass is 290 g/mol. The minimum absolute atomic E-state index is 0.169. The Kier molecular flexibility index (Phi) is 4.92. The number of amides is 2. The van der Waals surface area contributed by atoms with E-state index in [2.05, 4.69) is 17.6 Å². The lowest BCUT2D eigenvalue weighted by Gasteiger charge is -2.10. The molecule has 21 heavy (non-hydrogen) atoms. The molecule has 1 atom stereocenters. The van der Waals surface area contributed by atoms with Crippen molar-refractivity contribution in [1.82, 2.24) is 5.32 Å². The first-order chi connectivity index (χ1) is 10.1. The molecule has 1 aliphatic heterocycles. The molecule has 0 radical (unpaired) electrons. The largest absolute Gasteiger partial charge is 0.454 e. The van der Waals surface area contributed by atoms with Gasteiger partial charge in [0.25, 0.3) is 5.91 Å². The third-order valence-electron chi connectivity index (χ3n) is 3.27. The SMILES string of the molecule is CCc1ccc(NC(=O)COC(=O)[C@@H]2CCC(=O)N2)cc1. The van der Waals surface area contributed by atoms with Crippen LogP contribution in [0.15, 0.2) is 24.3 Å². The zero-order chi connectivity index (χ0) is 15.2. The lowest BCUT2D eigenvalue weighted by molar-refractivity contribution is -0.149. The topological polar surface area (TPSA) is 84.5 Å². The van der Waals surface area contributed by atoms with Crippen LogP contribution >= 0.6 is 0 Å². The van der Waals surface area contributed by atoms with Crippen LogP contribution in [0.4, 0.5) is 5.69 Å². The first-order valence-electron chi connectivity index (χ1n) is 6.93. The number of ether oxygens (including phenoxy) is 1. The van der Waals surface area contributed by atoms with E-state index in [0.717, 1.165) is 6.42 Å². The number of anilines is 1. The quantitative estimate of drug-likeness (QED) is 0.793. The van der Waals surface area contributed by atoms with Crippen LogP contribution in [-0.4, -0.2) is 30.4 Å². The maximum atomic E-state index is 11.7. The van der Waals surface area contributed by atoms with Crippen molar-refractivity contribution in [2.24, 2.45) is 0 Å². The molecule has 2 rings (SSSR count). The molecule has 1 aliphatic rings. The summed E-state index contributed by atoms with van der Waals surface area (Å²) < 4.78 is 4.89. The fourth-order valence-electron chi connectivity index (χ4n) is 2.05. The molecule has 2 amide bonds. The molecule has 2 N–H and O–H groups in total. The second-order valence-corrected chi connectivity index (χ2v) is 4.87. The number of carbonyl (C=O) groups excluding carboxylic acids is 3. The Morgan fingerprint density at radius 2 is 2.05 bits per heavy atom. The molecule has 1 saturated heterocycles.